The van der Waals surface area contributed by atoms with Crippen molar-refractivity contribution in [1.29, 1.82) is 0 Å². The van der Waals surface area contributed by atoms with Crippen molar-refractivity contribution in [2.75, 3.05) is 13.9 Å². The lowest BCUT2D eigenvalue weighted by Gasteiger charge is -2.42. The Labute approximate surface area is 172 Å². The van der Waals surface area contributed by atoms with E-state index in [1.807, 2.05) is 12.1 Å². The first-order chi connectivity index (χ1) is 13.2. The molecule has 0 amide bonds. The summed E-state index contributed by atoms with van der Waals surface area (Å²) >= 11 is 3.59. The molecule has 1 N–H and O–H groups in total. The number of Topliss-reactive ketones (excluding diaryl/α,β-unsaturated/α-hetero) is 1. The number of allylic oxidation sites excluding steroid dienone is 2. The summed E-state index contributed by atoms with van der Waals surface area (Å²) in [6.45, 7) is 8.36. The lowest BCUT2D eigenvalue weighted by molar-refractivity contribution is -0.144. The van der Waals surface area contributed by atoms with Crippen LogP contribution in [0, 0.1) is 11.3 Å². The van der Waals surface area contributed by atoms with Gasteiger partial charge in [-0.2, -0.15) is 0 Å². The van der Waals surface area contributed by atoms with Crippen molar-refractivity contribution in [2.24, 2.45) is 11.3 Å². The first-order valence-corrected chi connectivity index (χ1v) is 9.90. The minimum atomic E-state index is -0.717. The summed E-state index contributed by atoms with van der Waals surface area (Å²) < 4.78 is 16.8. The van der Waals surface area contributed by atoms with Gasteiger partial charge in [-0.3, -0.25) is 9.59 Å². The zero-order valence-corrected chi connectivity index (χ0v) is 17.6. The predicted octanol–water partition coefficient (Wildman–Crippen LogP) is 3.81. The number of benzene rings is 1. The van der Waals surface area contributed by atoms with E-state index in [2.05, 4.69) is 41.7 Å². The molecule has 0 saturated carbocycles. The van der Waals surface area contributed by atoms with Gasteiger partial charge in [-0.25, -0.2) is 0 Å². The molecule has 1 aromatic carbocycles. The van der Waals surface area contributed by atoms with Gasteiger partial charge in [0.15, 0.2) is 17.3 Å². The third kappa shape index (κ3) is 3.02. The van der Waals surface area contributed by atoms with Crippen molar-refractivity contribution in [3.63, 3.8) is 0 Å². The maximum atomic E-state index is 13.2. The van der Waals surface area contributed by atoms with Gasteiger partial charge >= 0.3 is 5.97 Å². The fourth-order valence-electron chi connectivity index (χ4n) is 4.36. The molecule has 0 aromatic heterocycles. The molecule has 2 atom stereocenters. The second-order valence-electron chi connectivity index (χ2n) is 8.19. The number of methoxy groups -OCH3 is 1. The van der Waals surface area contributed by atoms with Crippen molar-refractivity contribution in [1.82, 2.24) is 5.32 Å². The van der Waals surface area contributed by atoms with Crippen LogP contribution >= 0.6 is 15.9 Å². The first kappa shape index (κ1) is 19.1. The second-order valence-corrected chi connectivity index (χ2v) is 9.04. The standard InChI is InChI=1S/C21H22BrNO5/c1-10-17(20(25)26-4)18(11-5-15-16(6-12(11)22)28-9-27-15)19-13(23-10)7-21(2,3)8-14(19)24/h5-6,17-18,23H,1,7-9H2,2-4H3. The fourth-order valence-corrected chi connectivity index (χ4v) is 4.93. The number of ketones is 1. The van der Waals surface area contributed by atoms with Crippen molar-refractivity contribution in [2.45, 2.75) is 32.6 Å². The second kappa shape index (κ2) is 6.65. The Morgan fingerprint density at radius 1 is 1.29 bits per heavy atom. The number of carbonyl (C=O) groups is 2. The normalized spacial score (nSPS) is 25.3. The van der Waals surface area contributed by atoms with Gasteiger partial charge in [0.2, 0.25) is 6.79 Å². The van der Waals surface area contributed by atoms with E-state index >= 15 is 0 Å². The topological polar surface area (TPSA) is 73.9 Å². The molecular weight excluding hydrogens is 426 g/mol. The van der Waals surface area contributed by atoms with Gasteiger partial charge in [-0.05, 0) is 29.5 Å². The van der Waals surface area contributed by atoms with E-state index < -0.39 is 17.8 Å². The summed E-state index contributed by atoms with van der Waals surface area (Å²) in [4.78, 5) is 25.9. The fraction of sp³-hybridized carbons (Fsp3) is 0.429. The van der Waals surface area contributed by atoms with E-state index in [1.54, 1.807) is 0 Å². The number of esters is 1. The van der Waals surface area contributed by atoms with E-state index in [-0.39, 0.29) is 18.0 Å². The average molecular weight is 448 g/mol. The highest BCUT2D eigenvalue weighted by atomic mass is 79.9. The molecule has 0 radical (unpaired) electrons. The van der Waals surface area contributed by atoms with Crippen LogP contribution in [0.4, 0.5) is 0 Å². The molecule has 148 valence electrons. The van der Waals surface area contributed by atoms with Gasteiger partial charge in [-0.1, -0.05) is 36.4 Å². The lowest BCUT2D eigenvalue weighted by Crippen LogP contribution is -2.43. The largest absolute Gasteiger partial charge is 0.468 e. The molecule has 0 saturated heterocycles. The number of hydrogen-bond acceptors (Lipinski definition) is 6. The molecule has 0 fully saturated rings. The third-order valence-electron chi connectivity index (χ3n) is 5.53. The van der Waals surface area contributed by atoms with Crippen LogP contribution in [0.1, 0.15) is 38.2 Å². The summed E-state index contributed by atoms with van der Waals surface area (Å²) in [6, 6.07) is 3.65. The lowest BCUT2D eigenvalue weighted by atomic mass is 9.66. The van der Waals surface area contributed by atoms with Gasteiger partial charge in [0.25, 0.3) is 0 Å². The Bertz CT molecular complexity index is 933. The highest BCUT2D eigenvalue weighted by molar-refractivity contribution is 9.10. The van der Waals surface area contributed by atoms with Gasteiger partial charge in [0.1, 0.15) is 5.92 Å². The van der Waals surface area contributed by atoms with Gasteiger partial charge in [0.05, 0.1) is 7.11 Å². The molecule has 4 rings (SSSR count). The summed E-state index contributed by atoms with van der Waals surface area (Å²) in [6.07, 6.45) is 1.13. The minimum Gasteiger partial charge on any atom is -0.468 e. The zero-order chi connectivity index (χ0) is 20.2. The van der Waals surface area contributed by atoms with E-state index in [0.29, 0.717) is 35.6 Å². The van der Waals surface area contributed by atoms with Crippen molar-refractivity contribution in [3.8, 4) is 11.5 Å². The molecule has 3 aliphatic rings. The maximum Gasteiger partial charge on any atom is 0.315 e. The Morgan fingerprint density at radius 3 is 2.64 bits per heavy atom. The number of hydrogen-bond donors (Lipinski definition) is 1. The molecule has 2 unspecified atom stereocenters. The third-order valence-corrected chi connectivity index (χ3v) is 6.22. The molecule has 28 heavy (non-hydrogen) atoms. The minimum absolute atomic E-state index is 0.0368. The molecule has 7 heteroatoms. The average Bonchev–Trinajstić information content (AvgIpc) is 3.05. The monoisotopic (exact) mass is 447 g/mol. The van der Waals surface area contributed by atoms with E-state index in [0.717, 1.165) is 15.7 Å². The quantitative estimate of drug-likeness (QED) is 0.694. The van der Waals surface area contributed by atoms with Gasteiger partial charge in [-0.15, -0.1) is 0 Å². The molecule has 1 aromatic rings. The van der Waals surface area contributed by atoms with Crippen LogP contribution in [0.3, 0.4) is 0 Å². The maximum absolute atomic E-state index is 13.2. The Kier molecular flexibility index (Phi) is 4.53. The van der Waals surface area contributed by atoms with E-state index in [9.17, 15) is 9.59 Å². The summed E-state index contributed by atoms with van der Waals surface area (Å²) in [5.74, 6) is -0.403. The SMILES string of the molecule is C=C1NC2=C(C(=O)CC(C)(C)C2)C(c2cc3c(cc2Br)OCO3)C1C(=O)OC. The number of carbonyl (C=O) groups excluding carboxylic acids is 2. The number of rotatable bonds is 2. The highest BCUT2D eigenvalue weighted by Crippen LogP contribution is 2.51. The number of halogens is 1. The van der Waals surface area contributed by atoms with Crippen LogP contribution in [-0.2, 0) is 14.3 Å². The number of fused-ring (bicyclic) bond motifs is 1. The van der Waals surface area contributed by atoms with Crippen LogP contribution in [-0.4, -0.2) is 25.7 Å². The van der Waals surface area contributed by atoms with Gasteiger partial charge in [0, 0.05) is 33.8 Å². The zero-order valence-electron chi connectivity index (χ0n) is 16.1. The summed E-state index contributed by atoms with van der Waals surface area (Å²) in [5.41, 5.74) is 2.62. The van der Waals surface area contributed by atoms with E-state index in [1.165, 1.54) is 7.11 Å². The molecule has 2 heterocycles. The van der Waals surface area contributed by atoms with Crippen molar-refractivity contribution >= 4 is 27.7 Å². The summed E-state index contributed by atoms with van der Waals surface area (Å²) in [7, 11) is 1.34. The number of nitrogens with one attached hydrogen (secondary N) is 1. The van der Waals surface area contributed by atoms with Crippen LogP contribution in [0.2, 0.25) is 0 Å². The predicted molar refractivity (Wildman–Crippen MR) is 106 cm³/mol. The van der Waals surface area contributed by atoms with Crippen LogP contribution in [0.15, 0.2) is 40.2 Å². The Balaban J connectivity index is 1.92. The van der Waals surface area contributed by atoms with Crippen LogP contribution < -0.4 is 14.8 Å². The first-order valence-electron chi connectivity index (χ1n) is 9.11. The van der Waals surface area contributed by atoms with Crippen molar-refractivity contribution in [3.05, 3.63) is 45.7 Å². The van der Waals surface area contributed by atoms with Gasteiger partial charge < -0.3 is 19.5 Å². The Morgan fingerprint density at radius 2 is 1.96 bits per heavy atom. The van der Waals surface area contributed by atoms with Crippen LogP contribution in [0.5, 0.6) is 11.5 Å². The van der Waals surface area contributed by atoms with Crippen molar-refractivity contribution < 1.29 is 23.8 Å². The molecule has 0 bridgehead atoms. The number of ether oxygens (including phenoxy) is 3. The Hall–Kier alpha value is -2.28. The molecular formula is C21H22BrNO5. The van der Waals surface area contributed by atoms with Crippen LogP contribution in [0.25, 0.3) is 0 Å². The molecule has 1 aliphatic carbocycles. The molecule has 2 aliphatic heterocycles. The van der Waals surface area contributed by atoms with E-state index in [4.69, 9.17) is 14.2 Å². The molecule has 0 spiro atoms. The summed E-state index contributed by atoms with van der Waals surface area (Å²) in [5, 5.41) is 3.23. The smallest absolute Gasteiger partial charge is 0.315 e. The highest BCUT2D eigenvalue weighted by Gasteiger charge is 2.47. The molecule has 6 nitrogen and oxygen atoms in total.